The van der Waals surface area contributed by atoms with Crippen LogP contribution in [-0.4, -0.2) is 32.9 Å². The third-order valence-electron chi connectivity index (χ3n) is 3.53. The van der Waals surface area contributed by atoms with Gasteiger partial charge in [-0.05, 0) is 35.8 Å². The SMILES string of the molecule is COc1cccc(F)c1C1CCN(S(=O)(=O)NF)CC1. The number of hydrogen-bond donors (Lipinski definition) is 1. The van der Waals surface area contributed by atoms with E-state index in [-0.39, 0.29) is 24.8 Å². The van der Waals surface area contributed by atoms with Crippen molar-refractivity contribution >= 4 is 10.2 Å². The summed E-state index contributed by atoms with van der Waals surface area (Å²) in [6, 6.07) is 4.58. The third-order valence-corrected chi connectivity index (χ3v) is 4.77. The molecule has 1 aromatic rings. The Morgan fingerprint density at radius 2 is 2.00 bits per heavy atom. The summed E-state index contributed by atoms with van der Waals surface area (Å²) < 4.78 is 55.0. The molecule has 1 aromatic carbocycles. The summed E-state index contributed by atoms with van der Waals surface area (Å²) in [6.07, 6.45) is 0.830. The van der Waals surface area contributed by atoms with E-state index in [1.54, 1.807) is 12.1 Å². The fraction of sp³-hybridized carbons (Fsp3) is 0.500. The van der Waals surface area contributed by atoms with Crippen LogP contribution in [0.4, 0.5) is 8.87 Å². The molecule has 0 unspecified atom stereocenters. The second kappa shape index (κ2) is 6.02. The molecule has 0 aliphatic carbocycles. The Balaban J connectivity index is 2.16. The first kappa shape index (κ1) is 15.1. The Labute approximate surface area is 116 Å². The van der Waals surface area contributed by atoms with Gasteiger partial charge in [-0.3, -0.25) is 0 Å². The second-order valence-corrected chi connectivity index (χ2v) is 6.23. The van der Waals surface area contributed by atoms with E-state index in [9.17, 15) is 17.3 Å². The van der Waals surface area contributed by atoms with Gasteiger partial charge in [-0.1, -0.05) is 6.07 Å². The van der Waals surface area contributed by atoms with E-state index in [1.165, 1.54) is 13.2 Å². The fourth-order valence-electron chi connectivity index (χ4n) is 2.53. The van der Waals surface area contributed by atoms with Crippen LogP contribution in [0.15, 0.2) is 18.2 Å². The van der Waals surface area contributed by atoms with Crippen LogP contribution < -0.4 is 9.68 Å². The molecule has 20 heavy (non-hydrogen) atoms. The van der Waals surface area contributed by atoms with Crippen LogP contribution >= 0.6 is 0 Å². The van der Waals surface area contributed by atoms with Crippen molar-refractivity contribution in [3.63, 3.8) is 0 Å². The lowest BCUT2D eigenvalue weighted by molar-refractivity contribution is 0.290. The first-order chi connectivity index (χ1) is 9.49. The zero-order chi connectivity index (χ0) is 14.8. The van der Waals surface area contributed by atoms with Crippen LogP contribution in [0.3, 0.4) is 0 Å². The van der Waals surface area contributed by atoms with Crippen LogP contribution in [-0.2, 0) is 10.2 Å². The highest BCUT2D eigenvalue weighted by Crippen LogP contribution is 2.36. The van der Waals surface area contributed by atoms with Gasteiger partial charge in [0.2, 0.25) is 0 Å². The van der Waals surface area contributed by atoms with E-state index in [0.29, 0.717) is 24.2 Å². The molecule has 0 spiro atoms. The maximum absolute atomic E-state index is 13.9. The largest absolute Gasteiger partial charge is 0.496 e. The standard InChI is InChI=1S/C12H16F2N2O3S/c1-19-11-4-2-3-10(13)12(11)9-5-7-16(8-6-9)20(17,18)15-14/h2-4,9,15H,5-8H2,1H3. The number of nitrogens with one attached hydrogen (secondary N) is 1. The smallest absolute Gasteiger partial charge is 0.305 e. The number of halogens is 2. The van der Waals surface area contributed by atoms with Gasteiger partial charge in [0, 0.05) is 18.7 Å². The van der Waals surface area contributed by atoms with Crippen LogP contribution in [0.25, 0.3) is 0 Å². The topological polar surface area (TPSA) is 58.6 Å². The molecule has 8 heteroatoms. The summed E-state index contributed by atoms with van der Waals surface area (Å²) in [5.41, 5.74) is 0.459. The molecule has 0 aromatic heterocycles. The molecule has 2 rings (SSSR count). The number of ether oxygens (including phenoxy) is 1. The Hall–Kier alpha value is -1.25. The lowest BCUT2D eigenvalue weighted by Gasteiger charge is -2.31. The van der Waals surface area contributed by atoms with Crippen molar-refractivity contribution in [3.8, 4) is 5.75 Å². The van der Waals surface area contributed by atoms with Crippen molar-refractivity contribution in [1.82, 2.24) is 9.25 Å². The highest BCUT2D eigenvalue weighted by molar-refractivity contribution is 7.87. The molecule has 0 saturated carbocycles. The molecule has 0 amide bonds. The van der Waals surface area contributed by atoms with E-state index in [1.807, 2.05) is 0 Å². The fourth-order valence-corrected chi connectivity index (χ4v) is 3.31. The highest BCUT2D eigenvalue weighted by atomic mass is 32.2. The van der Waals surface area contributed by atoms with E-state index in [2.05, 4.69) is 0 Å². The van der Waals surface area contributed by atoms with E-state index in [4.69, 9.17) is 4.74 Å². The second-order valence-electron chi connectivity index (χ2n) is 4.61. The van der Waals surface area contributed by atoms with Gasteiger partial charge in [0.25, 0.3) is 0 Å². The van der Waals surface area contributed by atoms with Gasteiger partial charge in [-0.2, -0.15) is 12.7 Å². The summed E-state index contributed by atoms with van der Waals surface area (Å²) in [6.45, 7) is 0.281. The average Bonchev–Trinajstić information content (AvgIpc) is 2.47. The van der Waals surface area contributed by atoms with Gasteiger partial charge in [-0.15, -0.1) is 4.48 Å². The summed E-state index contributed by atoms with van der Waals surface area (Å²) in [7, 11) is -2.60. The molecule has 0 radical (unpaired) electrons. The van der Waals surface area contributed by atoms with Gasteiger partial charge < -0.3 is 4.74 Å². The molecule has 1 N–H and O–H groups in total. The molecule has 1 aliphatic rings. The first-order valence-electron chi connectivity index (χ1n) is 6.19. The van der Waals surface area contributed by atoms with Crippen LogP contribution in [0.5, 0.6) is 5.75 Å². The molecule has 1 aliphatic heterocycles. The number of methoxy groups -OCH3 is 1. The lowest BCUT2D eigenvalue weighted by atomic mass is 9.89. The third kappa shape index (κ3) is 2.92. The van der Waals surface area contributed by atoms with E-state index < -0.39 is 10.2 Å². The number of piperidine rings is 1. The predicted octanol–water partition coefficient (Wildman–Crippen LogP) is 1.73. The Morgan fingerprint density at radius 1 is 1.35 bits per heavy atom. The Bertz CT molecular complexity index is 572. The van der Waals surface area contributed by atoms with Crippen LogP contribution in [0, 0.1) is 5.82 Å². The number of rotatable bonds is 4. The number of hydrogen-bond acceptors (Lipinski definition) is 3. The molecule has 0 atom stereocenters. The molecule has 1 heterocycles. The minimum absolute atomic E-state index is 0.140. The van der Waals surface area contributed by atoms with Crippen molar-refractivity contribution < 1.29 is 22.0 Å². The monoisotopic (exact) mass is 306 g/mol. The van der Waals surface area contributed by atoms with Crippen molar-refractivity contribution in [2.45, 2.75) is 18.8 Å². The van der Waals surface area contributed by atoms with E-state index in [0.717, 1.165) is 9.25 Å². The summed E-state index contributed by atoms with van der Waals surface area (Å²) in [5, 5.41) is 0. The number of benzene rings is 1. The normalized spacial score (nSPS) is 18.1. The van der Waals surface area contributed by atoms with Gasteiger partial charge in [0.05, 0.1) is 7.11 Å². The minimum Gasteiger partial charge on any atom is -0.496 e. The molecule has 1 saturated heterocycles. The number of nitrogens with zero attached hydrogens (tertiary/aromatic N) is 1. The van der Waals surface area contributed by atoms with Crippen molar-refractivity contribution in [2.24, 2.45) is 0 Å². The van der Waals surface area contributed by atoms with Gasteiger partial charge in [0.15, 0.2) is 0 Å². The predicted molar refractivity (Wildman–Crippen MR) is 69.7 cm³/mol. The average molecular weight is 306 g/mol. The molecular formula is C12H16F2N2O3S. The van der Waals surface area contributed by atoms with Crippen molar-refractivity contribution in [1.29, 1.82) is 0 Å². The molecule has 112 valence electrons. The summed E-state index contributed by atoms with van der Waals surface area (Å²) >= 11 is 0. The molecule has 1 fully saturated rings. The van der Waals surface area contributed by atoms with Gasteiger partial charge in [-0.25, -0.2) is 4.39 Å². The highest BCUT2D eigenvalue weighted by Gasteiger charge is 2.31. The summed E-state index contributed by atoms with van der Waals surface area (Å²) in [5.74, 6) is -0.0543. The van der Waals surface area contributed by atoms with Gasteiger partial charge in [0.1, 0.15) is 11.6 Å². The maximum atomic E-state index is 13.9. The van der Waals surface area contributed by atoms with Crippen LogP contribution in [0.2, 0.25) is 0 Å². The maximum Gasteiger partial charge on any atom is 0.305 e. The van der Waals surface area contributed by atoms with E-state index >= 15 is 0 Å². The van der Waals surface area contributed by atoms with Crippen LogP contribution in [0.1, 0.15) is 24.3 Å². The molecular weight excluding hydrogens is 290 g/mol. The summed E-state index contributed by atoms with van der Waals surface area (Å²) in [4.78, 5) is 0.799. The Kier molecular flexibility index (Phi) is 4.56. The lowest BCUT2D eigenvalue weighted by Crippen LogP contribution is -2.42. The first-order valence-corrected chi connectivity index (χ1v) is 7.63. The Morgan fingerprint density at radius 3 is 2.55 bits per heavy atom. The zero-order valence-corrected chi connectivity index (χ0v) is 11.8. The zero-order valence-electron chi connectivity index (χ0n) is 11.0. The van der Waals surface area contributed by atoms with Crippen molar-refractivity contribution in [2.75, 3.05) is 20.2 Å². The van der Waals surface area contributed by atoms with Gasteiger partial charge >= 0.3 is 10.2 Å². The quantitative estimate of drug-likeness (QED) is 0.862. The minimum atomic E-state index is -4.06. The molecule has 5 nitrogen and oxygen atoms in total. The van der Waals surface area contributed by atoms with Crippen molar-refractivity contribution in [3.05, 3.63) is 29.6 Å². The molecule has 0 bridgehead atoms.